The molecule has 190 valence electrons. The number of hydrogen-bond donors (Lipinski definition) is 3. The summed E-state index contributed by atoms with van der Waals surface area (Å²) in [7, 11) is 0. The summed E-state index contributed by atoms with van der Waals surface area (Å²) >= 11 is 0. The van der Waals surface area contributed by atoms with E-state index in [4.69, 9.17) is 4.74 Å². The molecule has 4 aliphatic rings. The van der Waals surface area contributed by atoms with Gasteiger partial charge in [0.25, 0.3) is 0 Å². The Kier molecular flexibility index (Phi) is 5.45. The molecule has 35 heavy (non-hydrogen) atoms. The van der Waals surface area contributed by atoms with E-state index < -0.39 is 46.6 Å². The van der Waals surface area contributed by atoms with Crippen LogP contribution in [0.2, 0.25) is 0 Å². The molecule has 5 rings (SSSR count). The van der Waals surface area contributed by atoms with Gasteiger partial charge in [-0.1, -0.05) is 65.0 Å². The van der Waals surface area contributed by atoms with Gasteiger partial charge < -0.3 is 20.1 Å². The van der Waals surface area contributed by atoms with Crippen LogP contribution in [0.25, 0.3) is 6.08 Å². The fourth-order valence-corrected chi connectivity index (χ4v) is 8.46. The lowest BCUT2D eigenvalue weighted by molar-refractivity contribution is -0.294. The summed E-state index contributed by atoms with van der Waals surface area (Å²) in [5.41, 5.74) is -3.06. The predicted octanol–water partition coefficient (Wildman–Crippen LogP) is 3.38. The van der Waals surface area contributed by atoms with Crippen molar-refractivity contribution in [3.8, 4) is 0 Å². The first kappa shape index (κ1) is 24.7. The molecule has 4 aliphatic carbocycles. The normalized spacial score (nSPS) is 48.0. The second-order valence-electron chi connectivity index (χ2n) is 12.6. The van der Waals surface area contributed by atoms with Crippen molar-refractivity contribution in [1.29, 1.82) is 0 Å². The number of aliphatic hydroxyl groups is 3. The van der Waals surface area contributed by atoms with Crippen LogP contribution in [0, 0.1) is 39.9 Å². The van der Waals surface area contributed by atoms with Crippen molar-refractivity contribution in [3.63, 3.8) is 0 Å². The minimum Gasteiger partial charge on any atom is -0.447 e. The summed E-state index contributed by atoms with van der Waals surface area (Å²) in [4.78, 5) is 27.7. The van der Waals surface area contributed by atoms with Crippen molar-refractivity contribution in [3.05, 3.63) is 42.0 Å². The lowest BCUT2D eigenvalue weighted by Gasteiger charge is -2.72. The molecule has 1 aromatic rings. The summed E-state index contributed by atoms with van der Waals surface area (Å²) in [6, 6.07) is 9.32. The summed E-state index contributed by atoms with van der Waals surface area (Å²) < 4.78 is 6.03. The van der Waals surface area contributed by atoms with E-state index >= 15 is 0 Å². The zero-order valence-corrected chi connectivity index (χ0v) is 21.3. The Morgan fingerprint density at radius 2 is 1.69 bits per heavy atom. The van der Waals surface area contributed by atoms with E-state index in [9.17, 15) is 24.9 Å². The number of carbonyl (C=O) groups is 2. The first-order valence-corrected chi connectivity index (χ1v) is 12.9. The lowest BCUT2D eigenvalue weighted by atomic mass is 9.32. The van der Waals surface area contributed by atoms with E-state index in [1.54, 1.807) is 6.08 Å². The average molecular weight is 483 g/mol. The van der Waals surface area contributed by atoms with Gasteiger partial charge in [0.2, 0.25) is 0 Å². The number of hydrogen-bond acceptors (Lipinski definition) is 6. The maximum absolute atomic E-state index is 14.6. The molecule has 0 amide bonds. The van der Waals surface area contributed by atoms with Crippen LogP contribution in [0.5, 0.6) is 0 Å². The number of esters is 1. The van der Waals surface area contributed by atoms with E-state index in [-0.39, 0.29) is 35.4 Å². The zero-order valence-electron chi connectivity index (χ0n) is 21.3. The fourth-order valence-electron chi connectivity index (χ4n) is 8.46. The van der Waals surface area contributed by atoms with Gasteiger partial charge in [0.15, 0.2) is 11.4 Å². The number of ether oxygens (including phenoxy) is 1. The summed E-state index contributed by atoms with van der Waals surface area (Å²) in [5, 5.41) is 34.2. The van der Waals surface area contributed by atoms with E-state index in [2.05, 4.69) is 0 Å². The standard InChI is InChI=1S/C29H38O6/c1-16-15-29(35-19(30)12-11-17-9-7-6-8-10-17)21(22(16)31)24(33)27(4)14-13-18-20(23(32)26(18,2)3)28(27,5)25(29)34/h6-12,16,18,20-24,31-33H,13-15H2,1-5H3/t16-,18-,20-,21+,22-,23+,24+,27-,28+,29+/m0/s1. The smallest absolute Gasteiger partial charge is 0.331 e. The summed E-state index contributed by atoms with van der Waals surface area (Å²) in [6.45, 7) is 9.66. The number of ketones is 1. The van der Waals surface area contributed by atoms with Gasteiger partial charge in [-0.25, -0.2) is 4.79 Å². The largest absolute Gasteiger partial charge is 0.447 e. The zero-order chi connectivity index (χ0) is 25.6. The van der Waals surface area contributed by atoms with Gasteiger partial charge >= 0.3 is 5.97 Å². The Balaban J connectivity index is 1.56. The van der Waals surface area contributed by atoms with E-state index in [1.807, 2.05) is 65.0 Å². The Bertz CT molecular complexity index is 1060. The Morgan fingerprint density at radius 3 is 2.34 bits per heavy atom. The molecule has 0 aliphatic heterocycles. The molecular formula is C29H38O6. The molecule has 6 nitrogen and oxygen atoms in total. The highest BCUT2D eigenvalue weighted by Gasteiger charge is 2.80. The molecule has 0 spiro atoms. The topological polar surface area (TPSA) is 104 Å². The van der Waals surface area contributed by atoms with Crippen LogP contribution in [-0.2, 0) is 14.3 Å². The van der Waals surface area contributed by atoms with Gasteiger partial charge in [0.1, 0.15) is 0 Å². The minimum atomic E-state index is -1.63. The van der Waals surface area contributed by atoms with Crippen LogP contribution >= 0.6 is 0 Å². The highest BCUT2D eigenvalue weighted by Crippen LogP contribution is 2.73. The quantitative estimate of drug-likeness (QED) is 0.451. The van der Waals surface area contributed by atoms with Crippen LogP contribution in [0.3, 0.4) is 0 Å². The molecular weight excluding hydrogens is 444 g/mol. The number of carbonyl (C=O) groups excluding carboxylic acids is 2. The second kappa shape index (κ2) is 7.74. The van der Waals surface area contributed by atoms with Crippen LogP contribution in [0.1, 0.15) is 59.4 Å². The molecule has 6 heteroatoms. The maximum atomic E-state index is 14.6. The van der Waals surface area contributed by atoms with Gasteiger partial charge in [0.05, 0.1) is 24.2 Å². The molecule has 4 saturated carbocycles. The first-order chi connectivity index (χ1) is 16.3. The fraction of sp³-hybridized carbons (Fsp3) is 0.655. The molecule has 0 aromatic heterocycles. The van der Waals surface area contributed by atoms with Gasteiger partial charge in [-0.2, -0.15) is 0 Å². The highest BCUT2D eigenvalue weighted by molar-refractivity contribution is 5.99. The monoisotopic (exact) mass is 482 g/mol. The van der Waals surface area contributed by atoms with Crippen LogP contribution in [-0.4, -0.2) is 51.0 Å². The third kappa shape index (κ3) is 2.99. The van der Waals surface area contributed by atoms with Gasteiger partial charge in [-0.3, -0.25) is 4.79 Å². The SMILES string of the molecule is C[C@H]1C[C@]2(OC(=O)C=Cc3ccccc3)C(=O)[C@@]3(C)[C@@H]4[C@@H](O)C(C)(C)[C@H]4CC[C@@]3(C)[C@H](O)[C@H]2[C@H]1O. The minimum absolute atomic E-state index is 0.137. The number of Topliss-reactive ketones (excluding diaryl/α,β-unsaturated/α-hetero) is 1. The van der Waals surface area contributed by atoms with E-state index in [0.717, 1.165) is 12.0 Å². The third-order valence-electron chi connectivity index (χ3n) is 10.8. The number of fused-ring (bicyclic) bond motifs is 4. The van der Waals surface area contributed by atoms with Gasteiger partial charge in [0, 0.05) is 22.8 Å². The van der Waals surface area contributed by atoms with Crippen molar-refractivity contribution in [2.45, 2.75) is 77.8 Å². The molecule has 0 unspecified atom stereocenters. The summed E-state index contributed by atoms with van der Waals surface area (Å²) in [5.74, 6) is -2.35. The van der Waals surface area contributed by atoms with Crippen molar-refractivity contribution in [1.82, 2.24) is 0 Å². The molecule has 4 fully saturated rings. The molecule has 0 saturated heterocycles. The Hall–Kier alpha value is -2.02. The molecule has 0 heterocycles. The van der Waals surface area contributed by atoms with Crippen molar-refractivity contribution >= 4 is 17.8 Å². The third-order valence-corrected chi connectivity index (χ3v) is 10.8. The molecule has 0 radical (unpaired) electrons. The highest BCUT2D eigenvalue weighted by atomic mass is 16.6. The van der Waals surface area contributed by atoms with E-state index in [0.29, 0.717) is 6.42 Å². The molecule has 1 aromatic carbocycles. The Labute approximate surface area is 207 Å². The van der Waals surface area contributed by atoms with Gasteiger partial charge in [-0.05, 0) is 48.2 Å². The average Bonchev–Trinajstić information content (AvgIpc) is 3.08. The van der Waals surface area contributed by atoms with Crippen molar-refractivity contribution in [2.24, 2.45) is 39.9 Å². The van der Waals surface area contributed by atoms with E-state index in [1.165, 1.54) is 6.08 Å². The van der Waals surface area contributed by atoms with Crippen LogP contribution in [0.4, 0.5) is 0 Å². The predicted molar refractivity (Wildman–Crippen MR) is 131 cm³/mol. The molecule has 0 bridgehead atoms. The maximum Gasteiger partial charge on any atom is 0.331 e. The summed E-state index contributed by atoms with van der Waals surface area (Å²) in [6.07, 6.45) is 1.79. The van der Waals surface area contributed by atoms with Gasteiger partial charge in [-0.15, -0.1) is 0 Å². The molecule has 10 atom stereocenters. The van der Waals surface area contributed by atoms with Crippen LogP contribution < -0.4 is 0 Å². The Morgan fingerprint density at radius 1 is 1.03 bits per heavy atom. The first-order valence-electron chi connectivity index (χ1n) is 12.9. The lowest BCUT2D eigenvalue weighted by Crippen LogP contribution is -2.79. The number of rotatable bonds is 3. The number of aliphatic hydroxyl groups excluding tert-OH is 3. The second-order valence-corrected chi connectivity index (χ2v) is 12.6. The van der Waals surface area contributed by atoms with Crippen molar-refractivity contribution < 1.29 is 29.6 Å². The molecule has 3 N–H and O–H groups in total. The van der Waals surface area contributed by atoms with Crippen molar-refractivity contribution in [2.75, 3.05) is 0 Å². The van der Waals surface area contributed by atoms with Crippen LogP contribution in [0.15, 0.2) is 36.4 Å². The number of benzene rings is 1.